The number of hydrogen-bond donors (Lipinski definition) is 0. The summed E-state index contributed by atoms with van der Waals surface area (Å²) in [5.41, 5.74) is -0.151. The van der Waals surface area contributed by atoms with Crippen molar-refractivity contribution < 1.29 is 18.7 Å². The summed E-state index contributed by atoms with van der Waals surface area (Å²) in [5.74, 6) is -1.50. The molecule has 1 atom stereocenters. The molecule has 1 spiro atoms. The molecule has 1 saturated heterocycles. The highest BCUT2D eigenvalue weighted by Crippen LogP contribution is 2.52. The lowest BCUT2D eigenvalue weighted by atomic mass is 9.92. The molecule has 1 amide bonds. The van der Waals surface area contributed by atoms with Crippen LogP contribution in [-0.4, -0.2) is 34.8 Å². The number of hydrogen-bond acceptors (Lipinski definition) is 4. The third kappa shape index (κ3) is 2.32. The van der Waals surface area contributed by atoms with Gasteiger partial charge in [0, 0.05) is 29.7 Å². The van der Waals surface area contributed by atoms with Crippen LogP contribution in [0, 0.1) is 5.95 Å². The van der Waals surface area contributed by atoms with Gasteiger partial charge in [0.05, 0.1) is 12.0 Å². The maximum atomic E-state index is 14.0. The number of aromatic nitrogens is 1. The van der Waals surface area contributed by atoms with E-state index in [4.69, 9.17) is 16.3 Å². The van der Waals surface area contributed by atoms with Crippen molar-refractivity contribution in [2.75, 3.05) is 13.1 Å². The number of rotatable bonds is 2. The van der Waals surface area contributed by atoms with Crippen LogP contribution >= 0.6 is 11.6 Å². The minimum absolute atomic E-state index is 0.0284. The number of fused-ring (bicyclic) bond motifs is 2. The molecule has 5 nitrogen and oxygen atoms in total. The predicted molar refractivity (Wildman–Crippen MR) is 94.8 cm³/mol. The van der Waals surface area contributed by atoms with E-state index >= 15 is 0 Å². The molecule has 1 saturated carbocycles. The molecular formula is C20H16ClFN2O3. The molecule has 138 valence electrons. The van der Waals surface area contributed by atoms with Crippen LogP contribution in [0.4, 0.5) is 4.39 Å². The third-order valence-electron chi connectivity index (χ3n) is 5.96. The summed E-state index contributed by atoms with van der Waals surface area (Å²) in [6, 6.07) is 8.99. The van der Waals surface area contributed by atoms with Crippen molar-refractivity contribution in [3.05, 3.63) is 64.2 Å². The molecule has 2 aliphatic heterocycles. The Labute approximate surface area is 160 Å². The number of ether oxygens (including phenoxy) is 1. The quantitative estimate of drug-likeness (QED) is 0.587. The molecule has 2 fully saturated rings. The van der Waals surface area contributed by atoms with Crippen molar-refractivity contribution in [3.8, 4) is 0 Å². The predicted octanol–water partition coefficient (Wildman–Crippen LogP) is 3.20. The molecule has 0 radical (unpaired) electrons. The van der Waals surface area contributed by atoms with Crippen LogP contribution in [0.3, 0.4) is 0 Å². The largest absolute Gasteiger partial charge is 0.448 e. The van der Waals surface area contributed by atoms with Crippen molar-refractivity contribution >= 4 is 23.5 Å². The van der Waals surface area contributed by atoms with E-state index in [-0.39, 0.29) is 18.0 Å². The van der Waals surface area contributed by atoms with Gasteiger partial charge in [-0.05, 0) is 36.6 Å². The normalized spacial score (nSPS) is 24.8. The number of esters is 1. The molecule has 5 rings (SSSR count). The molecule has 1 aromatic carbocycles. The second kappa shape index (κ2) is 5.52. The first-order valence-electron chi connectivity index (χ1n) is 8.89. The molecule has 0 bridgehead atoms. The summed E-state index contributed by atoms with van der Waals surface area (Å²) in [5, 5.41) is 0.632. The van der Waals surface area contributed by atoms with Crippen molar-refractivity contribution in [2.24, 2.45) is 0 Å². The first-order valence-corrected chi connectivity index (χ1v) is 9.27. The molecule has 2 aromatic rings. The molecular weight excluding hydrogens is 371 g/mol. The highest BCUT2D eigenvalue weighted by Gasteiger charge is 2.58. The second-order valence-electron chi connectivity index (χ2n) is 7.47. The molecule has 3 heterocycles. The van der Waals surface area contributed by atoms with E-state index in [1.165, 1.54) is 6.20 Å². The van der Waals surface area contributed by atoms with Gasteiger partial charge in [-0.2, -0.15) is 4.39 Å². The topological polar surface area (TPSA) is 59.5 Å². The van der Waals surface area contributed by atoms with Gasteiger partial charge in [-0.15, -0.1) is 0 Å². The average Bonchev–Trinajstić information content (AvgIpc) is 3.28. The fraction of sp³-hybridized carbons (Fsp3) is 0.350. The Morgan fingerprint density at radius 1 is 1.19 bits per heavy atom. The molecule has 27 heavy (non-hydrogen) atoms. The maximum Gasteiger partial charge on any atom is 0.344 e. The molecule has 1 aliphatic carbocycles. The number of halogens is 2. The highest BCUT2D eigenvalue weighted by molar-refractivity contribution is 6.30. The molecule has 0 N–H and O–H groups in total. The second-order valence-corrected chi connectivity index (χ2v) is 7.91. The Bertz CT molecular complexity index is 974. The number of nitrogens with zero attached hydrogens (tertiary/aromatic N) is 2. The van der Waals surface area contributed by atoms with Crippen molar-refractivity contribution in [2.45, 2.75) is 30.3 Å². The van der Waals surface area contributed by atoms with E-state index in [1.54, 1.807) is 23.1 Å². The standard InChI is InChI=1S/C20H16ClFN2O3/c21-13-3-1-12(2-4-13)19(6-7-19)18(26)24-10-8-20(11-24)14-5-9-23-16(22)15(14)17(25)27-20/h1-5,9H,6-8,10-11H2. The fourth-order valence-electron chi connectivity index (χ4n) is 4.37. The zero-order chi connectivity index (χ0) is 18.8. The van der Waals surface area contributed by atoms with Gasteiger partial charge in [-0.3, -0.25) is 4.79 Å². The number of amides is 1. The van der Waals surface area contributed by atoms with Gasteiger partial charge in [0.1, 0.15) is 5.56 Å². The minimum atomic E-state index is -0.970. The lowest BCUT2D eigenvalue weighted by Crippen LogP contribution is -2.40. The zero-order valence-corrected chi connectivity index (χ0v) is 15.1. The third-order valence-corrected chi connectivity index (χ3v) is 6.21. The Morgan fingerprint density at radius 2 is 1.93 bits per heavy atom. The Hall–Kier alpha value is -2.47. The van der Waals surface area contributed by atoms with Crippen LogP contribution in [0.25, 0.3) is 0 Å². The van der Waals surface area contributed by atoms with E-state index in [2.05, 4.69) is 4.98 Å². The van der Waals surface area contributed by atoms with Gasteiger partial charge in [0.2, 0.25) is 11.9 Å². The van der Waals surface area contributed by atoms with Crippen LogP contribution < -0.4 is 0 Å². The molecule has 1 unspecified atom stereocenters. The van der Waals surface area contributed by atoms with E-state index in [1.807, 2.05) is 12.1 Å². The van der Waals surface area contributed by atoms with E-state index in [0.29, 0.717) is 23.6 Å². The summed E-state index contributed by atoms with van der Waals surface area (Å²) in [6.45, 7) is 0.703. The molecule has 1 aromatic heterocycles. The fourth-order valence-corrected chi connectivity index (χ4v) is 4.50. The first kappa shape index (κ1) is 16.7. The number of likely N-dealkylation sites (tertiary alicyclic amines) is 1. The SMILES string of the molecule is O=C1OC2(CCN(C(=O)C3(c4ccc(Cl)cc4)CC3)C2)c2ccnc(F)c21. The summed E-state index contributed by atoms with van der Waals surface area (Å²) < 4.78 is 19.5. The minimum Gasteiger partial charge on any atom is -0.448 e. The van der Waals surface area contributed by atoms with Crippen LogP contribution in [0.15, 0.2) is 36.5 Å². The maximum absolute atomic E-state index is 14.0. The van der Waals surface area contributed by atoms with Gasteiger partial charge in [-0.1, -0.05) is 23.7 Å². The van der Waals surface area contributed by atoms with E-state index < -0.39 is 22.9 Å². The van der Waals surface area contributed by atoms with Gasteiger partial charge in [0.15, 0.2) is 5.60 Å². The number of pyridine rings is 1. The van der Waals surface area contributed by atoms with Gasteiger partial charge >= 0.3 is 5.97 Å². The first-order chi connectivity index (χ1) is 13.0. The smallest absolute Gasteiger partial charge is 0.344 e. The summed E-state index contributed by atoms with van der Waals surface area (Å²) in [6.07, 6.45) is 3.36. The van der Waals surface area contributed by atoms with Crippen molar-refractivity contribution in [1.29, 1.82) is 0 Å². The van der Waals surface area contributed by atoms with Gasteiger partial charge < -0.3 is 9.64 Å². The summed E-state index contributed by atoms with van der Waals surface area (Å²) in [7, 11) is 0. The summed E-state index contributed by atoms with van der Waals surface area (Å²) in [4.78, 5) is 30.7. The Kier molecular flexibility index (Phi) is 3.41. The van der Waals surface area contributed by atoms with Crippen LogP contribution in [-0.2, 0) is 20.5 Å². The van der Waals surface area contributed by atoms with Gasteiger partial charge in [-0.25, -0.2) is 9.78 Å². The average molecular weight is 387 g/mol. The Balaban J connectivity index is 1.44. The van der Waals surface area contributed by atoms with Crippen LogP contribution in [0.5, 0.6) is 0 Å². The molecule has 7 heteroatoms. The lowest BCUT2D eigenvalue weighted by Gasteiger charge is -2.26. The zero-order valence-electron chi connectivity index (χ0n) is 14.4. The van der Waals surface area contributed by atoms with Gasteiger partial charge in [0.25, 0.3) is 0 Å². The Morgan fingerprint density at radius 3 is 2.63 bits per heavy atom. The number of carbonyl (C=O) groups is 2. The molecule has 3 aliphatic rings. The lowest BCUT2D eigenvalue weighted by molar-refractivity contribution is -0.134. The van der Waals surface area contributed by atoms with E-state index in [9.17, 15) is 14.0 Å². The number of carbonyl (C=O) groups excluding carboxylic acids is 2. The van der Waals surface area contributed by atoms with Crippen LogP contribution in [0.2, 0.25) is 5.02 Å². The van der Waals surface area contributed by atoms with Crippen molar-refractivity contribution in [3.63, 3.8) is 0 Å². The highest BCUT2D eigenvalue weighted by atomic mass is 35.5. The van der Waals surface area contributed by atoms with E-state index in [0.717, 1.165) is 18.4 Å². The monoisotopic (exact) mass is 386 g/mol. The summed E-state index contributed by atoms with van der Waals surface area (Å²) >= 11 is 5.97. The number of benzene rings is 1. The van der Waals surface area contributed by atoms with Crippen molar-refractivity contribution in [1.82, 2.24) is 9.88 Å². The van der Waals surface area contributed by atoms with Crippen LogP contribution in [0.1, 0.15) is 40.7 Å².